The van der Waals surface area contributed by atoms with Crippen LogP contribution in [0.4, 0.5) is 11.4 Å². The number of nitro benzene ring substituents is 1. The Labute approximate surface area is 170 Å². The quantitative estimate of drug-likeness (QED) is 0.398. The van der Waals surface area contributed by atoms with Gasteiger partial charge < -0.3 is 15.5 Å². The van der Waals surface area contributed by atoms with Crippen LogP contribution in [0.3, 0.4) is 0 Å². The lowest BCUT2D eigenvalue weighted by molar-refractivity contribution is -0.384. The highest BCUT2D eigenvalue weighted by atomic mass is 32.2. The van der Waals surface area contributed by atoms with Crippen LogP contribution in [0.25, 0.3) is 0 Å². The van der Waals surface area contributed by atoms with Gasteiger partial charge in [-0.2, -0.15) is 0 Å². The average molecular weight is 408 g/mol. The van der Waals surface area contributed by atoms with Crippen molar-refractivity contribution in [2.24, 2.45) is 5.73 Å². The summed E-state index contributed by atoms with van der Waals surface area (Å²) >= 11 is 1.78. The molecule has 154 valence electrons. The van der Waals surface area contributed by atoms with E-state index in [9.17, 15) is 14.9 Å². The lowest BCUT2D eigenvalue weighted by atomic mass is 10.1. The molecule has 28 heavy (non-hydrogen) atoms. The summed E-state index contributed by atoms with van der Waals surface area (Å²) in [5.74, 6) is 1.90. The third-order valence-electron chi connectivity index (χ3n) is 5.42. The molecule has 0 radical (unpaired) electrons. The van der Waals surface area contributed by atoms with Crippen molar-refractivity contribution >= 4 is 29.0 Å². The highest BCUT2D eigenvalue weighted by Crippen LogP contribution is 2.21. The van der Waals surface area contributed by atoms with E-state index in [2.05, 4.69) is 9.80 Å². The zero-order chi connectivity index (χ0) is 19.9. The minimum Gasteiger partial charge on any atom is -0.369 e. The molecule has 1 aromatic rings. The Morgan fingerprint density at radius 3 is 2.46 bits per heavy atom. The molecule has 1 atom stereocenters. The van der Waals surface area contributed by atoms with Crippen LogP contribution >= 0.6 is 11.8 Å². The number of piperazine rings is 1. The fourth-order valence-electron chi connectivity index (χ4n) is 3.66. The number of benzene rings is 1. The summed E-state index contributed by atoms with van der Waals surface area (Å²) in [6.45, 7) is 5.65. The molecule has 2 heterocycles. The molecule has 1 unspecified atom stereocenters. The summed E-state index contributed by atoms with van der Waals surface area (Å²) in [6.07, 6.45) is 2.77. The van der Waals surface area contributed by atoms with Crippen LogP contribution in [0.15, 0.2) is 24.3 Å². The first-order chi connectivity index (χ1) is 13.5. The van der Waals surface area contributed by atoms with Crippen molar-refractivity contribution in [3.63, 3.8) is 0 Å². The van der Waals surface area contributed by atoms with Crippen LogP contribution in [-0.2, 0) is 4.79 Å². The monoisotopic (exact) mass is 407 g/mol. The van der Waals surface area contributed by atoms with Crippen LogP contribution in [0.2, 0.25) is 0 Å². The van der Waals surface area contributed by atoms with Crippen LogP contribution in [-0.4, -0.2) is 77.6 Å². The standard InChI is InChI=1S/C19H29N5O3S/c20-18(19(25)23-13-14-28-15-23)3-1-2-8-21-9-11-22(12-10-21)16-4-6-17(7-5-16)24(26)27/h4-7,18H,1-3,8-15,20H2. The number of hydrogen-bond acceptors (Lipinski definition) is 7. The van der Waals surface area contributed by atoms with Crippen molar-refractivity contribution in [3.8, 4) is 0 Å². The van der Waals surface area contributed by atoms with Gasteiger partial charge in [0, 0.05) is 56.3 Å². The van der Waals surface area contributed by atoms with Gasteiger partial charge in [-0.3, -0.25) is 19.8 Å². The van der Waals surface area contributed by atoms with Crippen molar-refractivity contribution in [2.45, 2.75) is 25.3 Å². The molecule has 9 heteroatoms. The van der Waals surface area contributed by atoms with E-state index in [4.69, 9.17) is 5.73 Å². The summed E-state index contributed by atoms with van der Waals surface area (Å²) in [7, 11) is 0. The van der Waals surface area contributed by atoms with Gasteiger partial charge >= 0.3 is 0 Å². The second-order valence-electron chi connectivity index (χ2n) is 7.34. The van der Waals surface area contributed by atoms with Gasteiger partial charge in [0.25, 0.3) is 5.69 Å². The molecule has 3 rings (SSSR count). The molecule has 2 aliphatic heterocycles. The lowest BCUT2D eigenvalue weighted by Crippen LogP contribution is -2.46. The maximum absolute atomic E-state index is 12.2. The molecule has 1 aromatic carbocycles. The number of nitro groups is 1. The summed E-state index contributed by atoms with van der Waals surface area (Å²) in [5, 5.41) is 10.8. The molecular formula is C19H29N5O3S. The Bertz CT molecular complexity index is 658. The summed E-state index contributed by atoms with van der Waals surface area (Å²) in [4.78, 5) is 29.2. The number of rotatable bonds is 8. The topological polar surface area (TPSA) is 96.0 Å². The number of anilines is 1. The van der Waals surface area contributed by atoms with E-state index in [-0.39, 0.29) is 22.6 Å². The average Bonchev–Trinajstić information content (AvgIpc) is 3.26. The van der Waals surface area contributed by atoms with Crippen molar-refractivity contribution in [3.05, 3.63) is 34.4 Å². The number of carbonyl (C=O) groups is 1. The molecule has 0 aliphatic carbocycles. The Balaban J connectivity index is 1.32. The Morgan fingerprint density at radius 1 is 1.14 bits per heavy atom. The van der Waals surface area contributed by atoms with Gasteiger partial charge in [-0.1, -0.05) is 6.42 Å². The van der Waals surface area contributed by atoms with E-state index < -0.39 is 0 Å². The van der Waals surface area contributed by atoms with E-state index in [0.29, 0.717) is 0 Å². The second kappa shape index (κ2) is 10.1. The van der Waals surface area contributed by atoms with Crippen molar-refractivity contribution in [1.29, 1.82) is 0 Å². The van der Waals surface area contributed by atoms with Gasteiger partial charge in [0.2, 0.25) is 5.91 Å². The zero-order valence-corrected chi connectivity index (χ0v) is 17.0. The number of nitrogens with zero attached hydrogens (tertiary/aromatic N) is 4. The highest BCUT2D eigenvalue weighted by Gasteiger charge is 2.23. The van der Waals surface area contributed by atoms with E-state index in [1.807, 2.05) is 17.0 Å². The molecule has 2 saturated heterocycles. The number of non-ortho nitro benzene ring substituents is 1. The van der Waals surface area contributed by atoms with Crippen LogP contribution in [0.5, 0.6) is 0 Å². The Kier molecular flexibility index (Phi) is 7.52. The number of hydrogen-bond donors (Lipinski definition) is 1. The molecule has 0 bridgehead atoms. The van der Waals surface area contributed by atoms with E-state index in [0.717, 1.165) is 75.8 Å². The smallest absolute Gasteiger partial charge is 0.269 e. The predicted molar refractivity (Wildman–Crippen MR) is 113 cm³/mol. The number of amides is 1. The van der Waals surface area contributed by atoms with E-state index >= 15 is 0 Å². The Morgan fingerprint density at radius 2 is 1.86 bits per heavy atom. The maximum atomic E-state index is 12.2. The first kappa shape index (κ1) is 20.9. The molecule has 0 saturated carbocycles. The summed E-state index contributed by atoms with van der Waals surface area (Å²) in [5.41, 5.74) is 7.23. The largest absolute Gasteiger partial charge is 0.369 e. The second-order valence-corrected chi connectivity index (χ2v) is 8.42. The minimum absolute atomic E-state index is 0.0988. The molecule has 2 fully saturated rings. The highest BCUT2D eigenvalue weighted by molar-refractivity contribution is 7.99. The SMILES string of the molecule is NC(CCCCN1CCN(c2ccc([N+](=O)[O-])cc2)CC1)C(=O)N1CCSC1. The van der Waals surface area contributed by atoms with Crippen molar-refractivity contribution in [1.82, 2.24) is 9.80 Å². The fourth-order valence-corrected chi connectivity index (χ4v) is 4.62. The van der Waals surface area contributed by atoms with Gasteiger partial charge in [0.1, 0.15) is 0 Å². The van der Waals surface area contributed by atoms with Crippen molar-refractivity contribution < 1.29 is 9.72 Å². The van der Waals surface area contributed by atoms with Gasteiger partial charge in [-0.15, -0.1) is 11.8 Å². The first-order valence-corrected chi connectivity index (χ1v) is 11.0. The molecule has 8 nitrogen and oxygen atoms in total. The molecule has 2 aliphatic rings. The van der Waals surface area contributed by atoms with Gasteiger partial charge in [0.15, 0.2) is 0 Å². The third kappa shape index (κ3) is 5.59. The van der Waals surface area contributed by atoms with Gasteiger partial charge in [0.05, 0.1) is 16.8 Å². The molecular weight excluding hydrogens is 378 g/mol. The zero-order valence-electron chi connectivity index (χ0n) is 16.2. The molecule has 0 spiro atoms. The summed E-state index contributed by atoms with van der Waals surface area (Å²) < 4.78 is 0. The van der Waals surface area contributed by atoms with Crippen LogP contribution in [0, 0.1) is 10.1 Å². The van der Waals surface area contributed by atoms with E-state index in [1.165, 1.54) is 0 Å². The van der Waals surface area contributed by atoms with Crippen molar-refractivity contribution in [2.75, 3.05) is 55.8 Å². The fraction of sp³-hybridized carbons (Fsp3) is 0.632. The summed E-state index contributed by atoms with van der Waals surface area (Å²) in [6, 6.07) is 6.41. The number of carbonyl (C=O) groups excluding carboxylic acids is 1. The van der Waals surface area contributed by atoms with Gasteiger partial charge in [-0.25, -0.2) is 0 Å². The van der Waals surface area contributed by atoms with Crippen LogP contribution < -0.4 is 10.6 Å². The normalized spacial score (nSPS) is 19.0. The first-order valence-electron chi connectivity index (χ1n) is 9.88. The number of thioether (sulfide) groups is 1. The Hall–Kier alpha value is -1.84. The molecule has 2 N–H and O–H groups in total. The molecule has 1 amide bonds. The minimum atomic E-state index is -0.370. The lowest BCUT2D eigenvalue weighted by Gasteiger charge is -2.36. The van der Waals surface area contributed by atoms with E-state index in [1.54, 1.807) is 23.9 Å². The number of nitrogens with two attached hydrogens (primary N) is 1. The maximum Gasteiger partial charge on any atom is 0.269 e. The molecule has 0 aromatic heterocycles. The third-order valence-corrected chi connectivity index (χ3v) is 6.38. The van der Waals surface area contributed by atoms with Crippen LogP contribution in [0.1, 0.15) is 19.3 Å². The van der Waals surface area contributed by atoms with Gasteiger partial charge in [-0.05, 0) is 31.5 Å². The number of unbranched alkanes of at least 4 members (excludes halogenated alkanes) is 1. The predicted octanol–water partition coefficient (Wildman–Crippen LogP) is 1.75.